The average Bonchev–Trinajstić information content (AvgIpc) is 0.817. The van der Waals surface area contributed by atoms with E-state index in [2.05, 4.69) is 225 Å². The first-order chi connectivity index (χ1) is 54.2. The quantitative estimate of drug-likeness (QED) is 0.0268. The summed E-state index contributed by atoms with van der Waals surface area (Å²) in [5.41, 5.74) is 0. The van der Waals surface area contributed by atoms with Gasteiger partial charge in [0.1, 0.15) is 17.3 Å². The van der Waals surface area contributed by atoms with E-state index in [1.165, 1.54) is 70.9 Å². The predicted octanol–water partition coefficient (Wildman–Crippen LogP) is 20.5. The number of benzene rings is 8. The first kappa shape index (κ1) is 94.8. The van der Waals surface area contributed by atoms with Crippen molar-refractivity contribution in [2.45, 2.75) is 176 Å². The van der Waals surface area contributed by atoms with Crippen molar-refractivity contribution < 1.29 is 127 Å². The van der Waals surface area contributed by atoms with Gasteiger partial charge >= 0.3 is 45.0 Å². The van der Waals surface area contributed by atoms with Gasteiger partial charge in [0, 0.05) is 41.2 Å². The summed E-state index contributed by atoms with van der Waals surface area (Å²) in [6.07, 6.45) is 3.56. The molecule has 2 aliphatic heterocycles. The van der Waals surface area contributed by atoms with Gasteiger partial charge in [0.25, 0.3) is 10.0 Å². The summed E-state index contributed by atoms with van der Waals surface area (Å²) in [4.78, 5) is 9.72. The molecule has 636 valence electrons. The number of halogens is 17. The molecule has 8 aromatic carbocycles. The monoisotopic (exact) mass is 1780 g/mol. The van der Waals surface area contributed by atoms with Crippen molar-refractivity contribution >= 4 is 83.8 Å². The van der Waals surface area contributed by atoms with Gasteiger partial charge in [0.05, 0.1) is 28.4 Å². The fourth-order valence-corrected chi connectivity index (χ4v) is 23.6. The zero-order valence-electron chi connectivity index (χ0n) is 61.7. The maximum Gasteiger partial charge on any atom is 0.460 e. The van der Waals surface area contributed by atoms with E-state index in [0.717, 1.165) is 50.9 Å². The van der Waals surface area contributed by atoms with Crippen molar-refractivity contribution in [2.75, 3.05) is 31.2 Å². The highest BCUT2D eigenvalue weighted by atomic mass is 32.2. The molecule has 2 heterocycles. The van der Waals surface area contributed by atoms with Crippen molar-refractivity contribution in [1.82, 2.24) is 4.31 Å². The van der Waals surface area contributed by atoms with Crippen molar-refractivity contribution in [3.8, 4) is 5.75 Å². The summed E-state index contributed by atoms with van der Waals surface area (Å²) in [5.74, 6) is -17.9. The number of piperidine rings is 1. The van der Waals surface area contributed by atoms with Crippen molar-refractivity contribution in [3.05, 3.63) is 218 Å². The van der Waals surface area contributed by atoms with Gasteiger partial charge in [0.2, 0.25) is 0 Å². The smallest absolute Gasteiger partial charge is 0.460 e. The molecule has 0 amide bonds. The Bertz CT molecular complexity index is 4620. The van der Waals surface area contributed by atoms with Gasteiger partial charge in [-0.15, -0.1) is 0 Å². The minimum Gasteiger partial charge on any atom is -0.743 e. The van der Waals surface area contributed by atoms with Crippen LogP contribution in [0.25, 0.3) is 10.8 Å². The summed E-state index contributed by atoms with van der Waals surface area (Å²) in [6, 6.07) is 77.6. The topological polar surface area (TPSA) is 218 Å². The predicted molar refractivity (Wildman–Crippen MR) is 406 cm³/mol. The van der Waals surface area contributed by atoms with E-state index in [4.69, 9.17) is 4.74 Å². The molecule has 13 rings (SSSR count). The van der Waals surface area contributed by atoms with E-state index in [1.807, 2.05) is 0 Å². The van der Waals surface area contributed by atoms with E-state index in [1.54, 1.807) is 4.90 Å². The molecule has 3 saturated carbocycles. The number of hydrogen-bond acceptors (Lipinski definition) is 12. The summed E-state index contributed by atoms with van der Waals surface area (Å²) >= 11 is 0. The van der Waals surface area contributed by atoms with E-state index < -0.39 is 105 Å². The van der Waals surface area contributed by atoms with Gasteiger partial charge < -0.3 is 18.4 Å². The van der Waals surface area contributed by atoms with Crippen LogP contribution in [0.5, 0.6) is 5.75 Å². The lowest BCUT2D eigenvalue weighted by molar-refractivity contribution is -0.382. The van der Waals surface area contributed by atoms with Crippen LogP contribution in [0, 0.1) is 29.6 Å². The molecule has 116 heavy (non-hydrogen) atoms. The first-order valence-corrected chi connectivity index (χ1v) is 46.0. The molecule has 5 atom stereocenters. The standard InChI is InChI=1S/C18H23OS.2C18H15S.C12H17F6NO5S2.C9H14F2O3S.C4HF9O3S/c1-2-3-12-19-17-10-11-18(20-13-6-7-14-20)16-9-5-4-8-15(16)17;2*1-4-10-16(11-5-1)19(17-12-6-2-7-13-17)18-14-8-3-9-15-18;13-10(14,12(17,18)26(22,23)24)11(15,16)25(20,21)19-6-5-8-3-1-2-4-9(8)7-19;10-9(11,15(12,13)14)5-8-4-6-1-2-7(8)3-6;5-1(6,3(9,10)11)2(7,8)4(12,13)17(14,15)16/h4-5,8-11H,2-3,6-7,12-14H2,1H3;2*1-15H;8-9H,1-7H2,(H,22,23,24);6-8H,1-5H2,(H,12,13,14);(H,14,15,16)/q3*+1;;;/p-3. The lowest BCUT2D eigenvalue weighted by Gasteiger charge is -2.42. The van der Waals surface area contributed by atoms with E-state index in [0.29, 0.717) is 36.1 Å². The van der Waals surface area contributed by atoms with Gasteiger partial charge in [-0.05, 0) is 172 Å². The molecule has 2 saturated heterocycles. The number of unbranched alkanes of at least 4 members (excludes halogenated alkanes) is 1. The maximum atomic E-state index is 14.0. The highest BCUT2D eigenvalue weighted by Crippen LogP contribution is 2.56. The molecule has 0 N–H and O–H groups in total. The molecule has 5 fully saturated rings. The molecule has 13 nitrogen and oxygen atoms in total. The van der Waals surface area contributed by atoms with Gasteiger partial charge in [-0.3, -0.25) is 0 Å². The van der Waals surface area contributed by atoms with Gasteiger partial charge in [-0.2, -0.15) is 78.9 Å². The second kappa shape index (κ2) is 39.2. The van der Waals surface area contributed by atoms with Crippen LogP contribution in [0.15, 0.2) is 253 Å². The molecule has 3 aliphatic carbocycles. The summed E-state index contributed by atoms with van der Waals surface area (Å²) in [5, 5.41) is -21.8. The lowest BCUT2D eigenvalue weighted by atomic mass is 9.76. The molecule has 5 aliphatic rings. The molecule has 37 heteroatoms. The van der Waals surface area contributed by atoms with Gasteiger partial charge in [-0.1, -0.05) is 166 Å². The highest BCUT2D eigenvalue weighted by Gasteiger charge is 2.84. The zero-order chi connectivity index (χ0) is 85.6. The van der Waals surface area contributed by atoms with Crippen LogP contribution >= 0.6 is 0 Å². The molecule has 8 aromatic rings. The Morgan fingerprint density at radius 1 is 0.414 bits per heavy atom. The van der Waals surface area contributed by atoms with Crippen molar-refractivity contribution in [2.24, 2.45) is 29.6 Å². The molecule has 2 bridgehead atoms. The first-order valence-electron chi connectivity index (χ1n) is 36.3. The second-order valence-electron chi connectivity index (χ2n) is 27.8. The number of fused-ring (bicyclic) bond motifs is 4. The Balaban J connectivity index is 0.000000175. The molecule has 0 radical (unpaired) electrons. The largest absolute Gasteiger partial charge is 0.743 e. The Labute approximate surface area is 671 Å². The van der Waals surface area contributed by atoms with E-state index in [-0.39, 0.29) is 56.2 Å². The van der Waals surface area contributed by atoms with Crippen LogP contribution in [0.2, 0.25) is 0 Å². The van der Waals surface area contributed by atoms with Crippen LogP contribution in [-0.2, 0) is 73.1 Å². The van der Waals surface area contributed by atoms with Crippen LogP contribution < -0.4 is 4.74 Å². The Hall–Kier alpha value is -6.68. The minimum atomic E-state index is -7.43. The van der Waals surface area contributed by atoms with Crippen LogP contribution in [0.1, 0.15) is 96.8 Å². The fraction of sp³-hybridized carbons (Fsp3) is 0.418. The fourth-order valence-electron chi connectivity index (χ4n) is 14.0. The SMILES string of the molecule is CCCCOc1ccc([S+]2CCCC2)c2ccccc12.O=S(=O)([O-])C(F)(F)C(F)(F)C(F)(F)C(F)(F)F.O=S(=O)([O-])C(F)(F)C(F)(F)C(F)(F)S(=O)(=O)N1CCC2CCCCC2C1.O=S(=O)([O-])C(F)(F)CC1CC2CCC1C2.c1ccc([S+](c2ccccc2)c2ccccc2)cc1.c1ccc([S+](c2ccccc2)c2ccccc2)cc1. The lowest BCUT2D eigenvalue weighted by Crippen LogP contribution is -2.64. The maximum absolute atomic E-state index is 14.0. The third-order valence-electron chi connectivity index (χ3n) is 20.0. The summed E-state index contributed by atoms with van der Waals surface area (Å²) < 4.78 is 335. The number of sulfonamides is 1. The number of rotatable bonds is 22. The minimum absolute atomic E-state index is 0.0130. The summed E-state index contributed by atoms with van der Waals surface area (Å²) in [7, 11) is -26.1. The van der Waals surface area contributed by atoms with E-state index in [9.17, 15) is 122 Å². The number of alkyl halides is 17. The second-order valence-corrected chi connectivity index (χ2v) is 40.4. The third-order valence-corrected chi connectivity index (χ3v) is 31.5. The highest BCUT2D eigenvalue weighted by molar-refractivity contribution is 7.98. The Morgan fingerprint density at radius 2 is 0.802 bits per heavy atom. The van der Waals surface area contributed by atoms with Crippen LogP contribution in [0.4, 0.5) is 74.6 Å². The van der Waals surface area contributed by atoms with Crippen LogP contribution in [0.3, 0.4) is 0 Å². The normalized spacial score (nSPS) is 19.3. The van der Waals surface area contributed by atoms with Crippen molar-refractivity contribution in [1.29, 1.82) is 0 Å². The molecule has 0 aromatic heterocycles. The zero-order valence-corrected chi connectivity index (χ0v) is 67.5. The molecule has 0 spiro atoms. The van der Waals surface area contributed by atoms with Crippen molar-refractivity contribution in [3.63, 3.8) is 0 Å². The molecular weight excluding hydrogens is 1700 g/mol. The van der Waals surface area contributed by atoms with Gasteiger partial charge in [-0.25, -0.2) is 33.7 Å². The summed E-state index contributed by atoms with van der Waals surface area (Å²) in [6.45, 7) is 1.90. The molecule has 5 unspecified atom stereocenters. The van der Waals surface area contributed by atoms with Gasteiger partial charge in [0.15, 0.2) is 64.6 Å². The average molecular weight is 1780 g/mol. The van der Waals surface area contributed by atoms with Crippen LogP contribution in [-0.4, -0.2) is 128 Å². The number of nitrogens with zero attached hydrogens (tertiary/aromatic N) is 1. The Morgan fingerprint density at radius 3 is 1.16 bits per heavy atom. The number of ether oxygens (including phenoxy) is 1. The van der Waals surface area contributed by atoms with E-state index >= 15 is 0 Å². The molecular formula is C79H82F17NO12S7. The Kier molecular flexibility index (Phi) is 32.1. The number of hydrogen-bond donors (Lipinski definition) is 0. The third kappa shape index (κ3) is 22.1.